The lowest BCUT2D eigenvalue weighted by molar-refractivity contribution is -0.139. The molecule has 1 saturated heterocycles. The quantitative estimate of drug-likeness (QED) is 0.573. The van der Waals surface area contributed by atoms with Crippen LogP contribution in [0.5, 0.6) is 0 Å². The highest BCUT2D eigenvalue weighted by atomic mass is 16.7. The van der Waals surface area contributed by atoms with Gasteiger partial charge in [0.15, 0.2) is 0 Å². The Morgan fingerprint density at radius 1 is 1.53 bits per heavy atom. The van der Waals surface area contributed by atoms with E-state index in [2.05, 4.69) is 17.1 Å². The average molecular weight is 241 g/mol. The third-order valence-corrected chi connectivity index (χ3v) is 2.95. The van der Waals surface area contributed by atoms with Crippen molar-refractivity contribution in [2.24, 2.45) is 0 Å². The summed E-state index contributed by atoms with van der Waals surface area (Å²) in [5, 5.41) is 0. The van der Waals surface area contributed by atoms with Crippen LogP contribution in [0.15, 0.2) is 12.2 Å². The molecule has 1 fully saturated rings. The van der Waals surface area contributed by atoms with Gasteiger partial charge in [-0.3, -0.25) is 9.63 Å². The highest BCUT2D eigenvalue weighted by molar-refractivity contribution is 5.70. The molecule has 1 aliphatic rings. The topological polar surface area (TPSA) is 47.6 Å². The van der Waals surface area contributed by atoms with Crippen molar-refractivity contribution in [3.63, 3.8) is 0 Å². The minimum Gasteiger partial charge on any atom is -0.469 e. The number of hydroxylamine groups is 1. The monoisotopic (exact) mass is 241 g/mol. The van der Waals surface area contributed by atoms with Crippen LogP contribution in [0.2, 0.25) is 0 Å². The summed E-state index contributed by atoms with van der Waals surface area (Å²) in [7, 11) is 1.40. The van der Waals surface area contributed by atoms with E-state index in [0.717, 1.165) is 19.3 Å². The van der Waals surface area contributed by atoms with Crippen molar-refractivity contribution < 1.29 is 14.4 Å². The second-order valence-electron chi connectivity index (χ2n) is 4.39. The zero-order valence-electron chi connectivity index (χ0n) is 10.8. The summed E-state index contributed by atoms with van der Waals surface area (Å²) in [6.45, 7) is 2.19. The predicted octanol–water partition coefficient (Wildman–Crippen LogP) is 2.35. The van der Waals surface area contributed by atoms with Crippen LogP contribution in [0.4, 0.5) is 0 Å². The number of methoxy groups -OCH3 is 1. The maximum Gasteiger partial charge on any atom is 0.309 e. The van der Waals surface area contributed by atoms with E-state index in [4.69, 9.17) is 4.84 Å². The number of unbranched alkanes of at least 4 members (excludes halogenated alkanes) is 1. The molecule has 1 N–H and O–H groups in total. The molecule has 0 saturated carbocycles. The summed E-state index contributed by atoms with van der Waals surface area (Å²) in [5.74, 6) is -0.209. The SMILES string of the molecule is CCCC[C@@H]1CC[C@@H](/C=C/CC(=O)OC)NO1. The van der Waals surface area contributed by atoms with Crippen molar-refractivity contribution >= 4 is 5.97 Å². The zero-order chi connectivity index (χ0) is 12.5. The number of carbonyl (C=O) groups excluding carboxylic acids is 1. The molecule has 1 rings (SSSR count). The lowest BCUT2D eigenvalue weighted by Crippen LogP contribution is -2.38. The molecule has 0 radical (unpaired) electrons. The molecule has 4 nitrogen and oxygen atoms in total. The number of hydrogen-bond donors (Lipinski definition) is 1. The van der Waals surface area contributed by atoms with E-state index in [1.165, 1.54) is 20.0 Å². The molecule has 0 bridgehead atoms. The molecule has 1 aliphatic heterocycles. The van der Waals surface area contributed by atoms with E-state index in [0.29, 0.717) is 12.5 Å². The smallest absolute Gasteiger partial charge is 0.309 e. The number of hydrogen-bond acceptors (Lipinski definition) is 4. The molecule has 0 amide bonds. The van der Waals surface area contributed by atoms with Crippen LogP contribution in [0.1, 0.15) is 45.4 Å². The van der Waals surface area contributed by atoms with Crippen molar-refractivity contribution in [1.29, 1.82) is 0 Å². The Balaban J connectivity index is 2.16. The zero-order valence-corrected chi connectivity index (χ0v) is 10.8. The molecular weight excluding hydrogens is 218 g/mol. The van der Waals surface area contributed by atoms with Gasteiger partial charge in [0, 0.05) is 0 Å². The first kappa shape index (κ1) is 14.2. The molecular formula is C13H23NO3. The lowest BCUT2D eigenvalue weighted by atomic mass is 10.0. The molecule has 0 aliphatic carbocycles. The largest absolute Gasteiger partial charge is 0.469 e. The Bertz CT molecular complexity index is 245. The van der Waals surface area contributed by atoms with E-state index in [1.54, 1.807) is 0 Å². The minimum absolute atomic E-state index is 0.209. The number of ether oxygens (including phenoxy) is 1. The summed E-state index contributed by atoms with van der Waals surface area (Å²) in [6, 6.07) is 0.220. The Morgan fingerprint density at radius 3 is 2.94 bits per heavy atom. The highest BCUT2D eigenvalue weighted by Gasteiger charge is 2.18. The van der Waals surface area contributed by atoms with Gasteiger partial charge in [-0.2, -0.15) is 5.48 Å². The maximum absolute atomic E-state index is 10.9. The first-order chi connectivity index (χ1) is 8.26. The Labute approximate surface area is 103 Å². The molecule has 0 aromatic heterocycles. The third kappa shape index (κ3) is 5.84. The van der Waals surface area contributed by atoms with Gasteiger partial charge in [0.2, 0.25) is 0 Å². The van der Waals surface area contributed by atoms with Crippen LogP contribution in [0.25, 0.3) is 0 Å². The standard InChI is InChI=1S/C13H23NO3/c1-3-4-7-12-10-9-11(14-17-12)6-5-8-13(15)16-2/h5-6,11-12,14H,3-4,7-10H2,1-2H3/b6-5+/t11-,12-/m1/s1. The van der Waals surface area contributed by atoms with Gasteiger partial charge in [-0.05, 0) is 19.3 Å². The molecule has 0 spiro atoms. The second-order valence-corrected chi connectivity index (χ2v) is 4.39. The predicted molar refractivity (Wildman–Crippen MR) is 66.3 cm³/mol. The van der Waals surface area contributed by atoms with Crippen LogP contribution < -0.4 is 5.48 Å². The third-order valence-electron chi connectivity index (χ3n) is 2.95. The van der Waals surface area contributed by atoms with Crippen LogP contribution in [-0.2, 0) is 14.4 Å². The summed E-state index contributed by atoms with van der Waals surface area (Å²) >= 11 is 0. The molecule has 0 aromatic carbocycles. The Hall–Kier alpha value is -0.870. The number of nitrogens with one attached hydrogen (secondary N) is 1. The Morgan fingerprint density at radius 2 is 2.35 bits per heavy atom. The molecule has 0 unspecified atom stereocenters. The summed E-state index contributed by atoms with van der Waals surface area (Å²) in [4.78, 5) is 16.5. The van der Waals surface area contributed by atoms with Crippen LogP contribution in [-0.4, -0.2) is 25.2 Å². The number of carbonyl (C=O) groups is 1. The van der Waals surface area contributed by atoms with E-state index in [1.807, 2.05) is 12.2 Å². The van der Waals surface area contributed by atoms with Gasteiger partial charge >= 0.3 is 5.97 Å². The molecule has 4 heteroatoms. The van der Waals surface area contributed by atoms with Crippen molar-refractivity contribution in [1.82, 2.24) is 5.48 Å². The lowest BCUT2D eigenvalue weighted by Gasteiger charge is -2.27. The van der Waals surface area contributed by atoms with E-state index < -0.39 is 0 Å². The number of rotatable bonds is 6. The van der Waals surface area contributed by atoms with Gasteiger partial charge in [-0.25, -0.2) is 0 Å². The van der Waals surface area contributed by atoms with Gasteiger partial charge in [-0.15, -0.1) is 0 Å². The van der Waals surface area contributed by atoms with Gasteiger partial charge in [0.05, 0.1) is 25.7 Å². The van der Waals surface area contributed by atoms with Gasteiger partial charge in [0.1, 0.15) is 0 Å². The minimum atomic E-state index is -0.209. The van der Waals surface area contributed by atoms with Crippen molar-refractivity contribution in [3.05, 3.63) is 12.2 Å². The molecule has 98 valence electrons. The summed E-state index contributed by atoms with van der Waals surface area (Å²) in [6.07, 6.45) is 10.2. The van der Waals surface area contributed by atoms with Crippen LogP contribution in [0, 0.1) is 0 Å². The highest BCUT2D eigenvalue weighted by Crippen LogP contribution is 2.17. The fraction of sp³-hybridized carbons (Fsp3) is 0.769. The van der Waals surface area contributed by atoms with Crippen LogP contribution in [0.3, 0.4) is 0 Å². The second kappa shape index (κ2) is 8.25. The molecule has 1 heterocycles. The van der Waals surface area contributed by atoms with Crippen LogP contribution >= 0.6 is 0 Å². The summed E-state index contributed by atoms with van der Waals surface area (Å²) in [5.41, 5.74) is 3.03. The fourth-order valence-electron chi connectivity index (χ4n) is 1.85. The fourth-order valence-corrected chi connectivity index (χ4v) is 1.85. The van der Waals surface area contributed by atoms with Gasteiger partial charge < -0.3 is 4.74 Å². The first-order valence-corrected chi connectivity index (χ1v) is 6.41. The van der Waals surface area contributed by atoms with E-state index >= 15 is 0 Å². The van der Waals surface area contributed by atoms with E-state index in [-0.39, 0.29) is 12.0 Å². The molecule has 2 atom stereocenters. The molecule has 17 heavy (non-hydrogen) atoms. The normalized spacial score (nSPS) is 25.1. The summed E-state index contributed by atoms with van der Waals surface area (Å²) < 4.78 is 4.56. The van der Waals surface area contributed by atoms with E-state index in [9.17, 15) is 4.79 Å². The Kier molecular flexibility index (Phi) is 6.89. The van der Waals surface area contributed by atoms with Gasteiger partial charge in [0.25, 0.3) is 0 Å². The number of esters is 1. The molecule has 0 aromatic rings. The maximum atomic E-state index is 10.9. The average Bonchev–Trinajstić information content (AvgIpc) is 2.37. The van der Waals surface area contributed by atoms with Crippen molar-refractivity contribution in [3.8, 4) is 0 Å². The van der Waals surface area contributed by atoms with Crippen molar-refractivity contribution in [2.75, 3.05) is 7.11 Å². The van der Waals surface area contributed by atoms with Gasteiger partial charge in [-0.1, -0.05) is 31.9 Å². The van der Waals surface area contributed by atoms with Crippen molar-refractivity contribution in [2.45, 2.75) is 57.6 Å². The first-order valence-electron chi connectivity index (χ1n) is 6.41.